The zero-order valence-corrected chi connectivity index (χ0v) is 15.2. The Morgan fingerprint density at radius 1 is 1.12 bits per heavy atom. The van der Waals surface area contributed by atoms with E-state index in [1.54, 1.807) is 0 Å². The van der Waals surface area contributed by atoms with Crippen molar-refractivity contribution in [1.29, 1.82) is 0 Å². The summed E-state index contributed by atoms with van der Waals surface area (Å²) in [5, 5.41) is 11.9. The normalized spacial score (nSPS) is 13.5. The van der Waals surface area contributed by atoms with Crippen LogP contribution in [0.15, 0.2) is 59.9 Å². The number of carbonyl (C=O) groups is 1. The third-order valence-corrected chi connectivity index (χ3v) is 5.09. The van der Waals surface area contributed by atoms with E-state index in [1.165, 1.54) is 17.3 Å². The molecule has 0 aliphatic rings. The van der Waals surface area contributed by atoms with E-state index in [1.807, 2.05) is 60.8 Å². The van der Waals surface area contributed by atoms with E-state index < -0.39 is 0 Å². The molecule has 1 aromatic carbocycles. The van der Waals surface area contributed by atoms with E-state index in [2.05, 4.69) is 27.6 Å². The average molecular weight is 354 g/mol. The first-order valence-electron chi connectivity index (χ1n) is 8.44. The second-order valence-corrected chi connectivity index (χ2v) is 7.41. The van der Waals surface area contributed by atoms with E-state index in [4.69, 9.17) is 0 Å². The number of aromatic nitrogens is 3. The number of fused-ring (bicyclic) bond motifs is 1. The molecule has 6 heteroatoms. The third kappa shape index (κ3) is 4.60. The molecular weight excluding hydrogens is 332 g/mol. The Balaban J connectivity index is 1.52. The maximum atomic E-state index is 12.4. The smallest absolute Gasteiger partial charge is 0.233 e. The summed E-state index contributed by atoms with van der Waals surface area (Å²) < 4.78 is 1.90. The van der Waals surface area contributed by atoms with Gasteiger partial charge in [0.2, 0.25) is 5.91 Å². The third-order valence-electron chi connectivity index (χ3n) is 4.03. The molecule has 2 atom stereocenters. The van der Waals surface area contributed by atoms with Gasteiger partial charge in [0, 0.05) is 12.2 Å². The van der Waals surface area contributed by atoms with Gasteiger partial charge in [0.15, 0.2) is 10.8 Å². The van der Waals surface area contributed by atoms with Gasteiger partial charge in [-0.25, -0.2) is 0 Å². The van der Waals surface area contributed by atoms with Gasteiger partial charge in [0.1, 0.15) is 0 Å². The monoisotopic (exact) mass is 354 g/mol. The summed E-state index contributed by atoms with van der Waals surface area (Å²) >= 11 is 1.42. The quantitative estimate of drug-likeness (QED) is 0.661. The second kappa shape index (κ2) is 8.16. The van der Waals surface area contributed by atoms with E-state index in [-0.39, 0.29) is 17.2 Å². The Bertz CT molecular complexity index is 834. The molecule has 0 saturated carbocycles. The van der Waals surface area contributed by atoms with Crippen molar-refractivity contribution in [1.82, 2.24) is 19.9 Å². The minimum absolute atomic E-state index is 0.0262. The van der Waals surface area contributed by atoms with Gasteiger partial charge in [0.05, 0.1) is 5.25 Å². The Morgan fingerprint density at radius 3 is 2.68 bits per heavy atom. The number of hydrogen-bond donors (Lipinski definition) is 1. The summed E-state index contributed by atoms with van der Waals surface area (Å²) in [7, 11) is 0. The molecule has 2 aromatic heterocycles. The number of nitrogens with one attached hydrogen (secondary N) is 1. The SMILES string of the molecule is C[C@@H](CCc1ccccc1)NC(=O)[C@@H](C)Sc1nnc2ccccn12. The summed E-state index contributed by atoms with van der Waals surface area (Å²) in [5.41, 5.74) is 2.08. The molecule has 0 bridgehead atoms. The van der Waals surface area contributed by atoms with Gasteiger partial charge in [-0.15, -0.1) is 10.2 Å². The lowest BCUT2D eigenvalue weighted by atomic mass is 10.1. The lowest BCUT2D eigenvalue weighted by molar-refractivity contribution is -0.120. The Kier molecular flexibility index (Phi) is 5.71. The van der Waals surface area contributed by atoms with Gasteiger partial charge < -0.3 is 5.32 Å². The van der Waals surface area contributed by atoms with Crippen LogP contribution in [0.3, 0.4) is 0 Å². The van der Waals surface area contributed by atoms with Crippen LogP contribution in [0.2, 0.25) is 0 Å². The van der Waals surface area contributed by atoms with E-state index in [0.717, 1.165) is 23.6 Å². The maximum Gasteiger partial charge on any atom is 0.233 e. The summed E-state index contributed by atoms with van der Waals surface area (Å²) in [6.45, 7) is 3.94. The summed E-state index contributed by atoms with van der Waals surface area (Å²) in [4.78, 5) is 12.4. The minimum atomic E-state index is -0.230. The van der Waals surface area contributed by atoms with E-state index >= 15 is 0 Å². The van der Waals surface area contributed by atoms with Crippen LogP contribution in [-0.4, -0.2) is 31.8 Å². The highest BCUT2D eigenvalue weighted by Crippen LogP contribution is 2.22. The number of carbonyl (C=O) groups excluding carboxylic acids is 1. The standard InChI is InChI=1S/C19H22N4OS/c1-14(11-12-16-8-4-3-5-9-16)20-18(24)15(2)25-19-22-21-17-10-6-7-13-23(17)19/h3-10,13-15H,11-12H2,1-2H3,(H,20,24)/t14-,15+/m0/s1. The molecule has 0 aliphatic carbocycles. The Labute approximate surface area is 151 Å². The Morgan fingerprint density at radius 2 is 1.88 bits per heavy atom. The van der Waals surface area contributed by atoms with Crippen LogP contribution >= 0.6 is 11.8 Å². The number of nitrogens with zero attached hydrogens (tertiary/aromatic N) is 3. The topological polar surface area (TPSA) is 59.3 Å². The van der Waals surface area contributed by atoms with Crippen molar-refractivity contribution in [2.24, 2.45) is 0 Å². The largest absolute Gasteiger partial charge is 0.353 e. The fourth-order valence-electron chi connectivity index (χ4n) is 2.57. The molecule has 2 heterocycles. The summed E-state index contributed by atoms with van der Waals surface area (Å²) in [6, 6.07) is 16.2. The molecule has 3 rings (SSSR count). The van der Waals surface area contributed by atoms with Crippen molar-refractivity contribution in [2.45, 2.75) is 43.1 Å². The van der Waals surface area contributed by atoms with Gasteiger partial charge in [-0.3, -0.25) is 9.20 Å². The first kappa shape index (κ1) is 17.5. The second-order valence-electron chi connectivity index (χ2n) is 6.11. The number of benzene rings is 1. The highest BCUT2D eigenvalue weighted by Gasteiger charge is 2.19. The summed E-state index contributed by atoms with van der Waals surface area (Å²) in [5.74, 6) is 0.0262. The highest BCUT2D eigenvalue weighted by atomic mass is 32.2. The average Bonchev–Trinajstić information content (AvgIpc) is 3.04. The number of pyridine rings is 1. The van der Waals surface area contributed by atoms with Crippen LogP contribution in [0.5, 0.6) is 0 Å². The van der Waals surface area contributed by atoms with Crippen molar-refractivity contribution in [3.05, 3.63) is 60.3 Å². The molecular formula is C19H22N4OS. The molecule has 5 nitrogen and oxygen atoms in total. The highest BCUT2D eigenvalue weighted by molar-refractivity contribution is 8.00. The molecule has 0 radical (unpaired) electrons. The lowest BCUT2D eigenvalue weighted by Crippen LogP contribution is -2.37. The minimum Gasteiger partial charge on any atom is -0.353 e. The number of hydrogen-bond acceptors (Lipinski definition) is 4. The molecule has 25 heavy (non-hydrogen) atoms. The van der Waals surface area contributed by atoms with Crippen molar-refractivity contribution >= 4 is 23.3 Å². The van der Waals surface area contributed by atoms with Crippen molar-refractivity contribution in [2.75, 3.05) is 0 Å². The maximum absolute atomic E-state index is 12.4. The van der Waals surface area contributed by atoms with Gasteiger partial charge in [-0.1, -0.05) is 48.2 Å². The van der Waals surface area contributed by atoms with Crippen LogP contribution in [-0.2, 0) is 11.2 Å². The molecule has 1 N–H and O–H groups in total. The van der Waals surface area contributed by atoms with Crippen LogP contribution in [0.4, 0.5) is 0 Å². The number of thioether (sulfide) groups is 1. The van der Waals surface area contributed by atoms with E-state index in [9.17, 15) is 4.79 Å². The molecule has 0 fully saturated rings. The van der Waals surface area contributed by atoms with E-state index in [0.29, 0.717) is 0 Å². The fraction of sp³-hybridized carbons (Fsp3) is 0.316. The Hall–Kier alpha value is -2.34. The lowest BCUT2D eigenvalue weighted by Gasteiger charge is -2.17. The number of rotatable bonds is 7. The molecule has 0 spiro atoms. The predicted molar refractivity (Wildman–Crippen MR) is 101 cm³/mol. The molecule has 0 unspecified atom stereocenters. The first-order chi connectivity index (χ1) is 12.1. The van der Waals surface area contributed by atoms with Gasteiger partial charge in [-0.2, -0.15) is 0 Å². The number of aryl methyl sites for hydroxylation is 1. The van der Waals surface area contributed by atoms with Gasteiger partial charge >= 0.3 is 0 Å². The van der Waals surface area contributed by atoms with Crippen LogP contribution in [0.25, 0.3) is 5.65 Å². The molecule has 3 aromatic rings. The van der Waals surface area contributed by atoms with Crippen LogP contribution in [0.1, 0.15) is 25.8 Å². The van der Waals surface area contributed by atoms with Crippen LogP contribution < -0.4 is 5.32 Å². The zero-order valence-electron chi connectivity index (χ0n) is 14.4. The summed E-state index contributed by atoms with van der Waals surface area (Å²) in [6.07, 6.45) is 3.78. The number of amides is 1. The molecule has 0 saturated heterocycles. The molecule has 0 aliphatic heterocycles. The molecule has 130 valence electrons. The first-order valence-corrected chi connectivity index (χ1v) is 9.32. The van der Waals surface area contributed by atoms with Crippen molar-refractivity contribution in [3.8, 4) is 0 Å². The van der Waals surface area contributed by atoms with Crippen molar-refractivity contribution < 1.29 is 4.79 Å². The van der Waals surface area contributed by atoms with Gasteiger partial charge in [0.25, 0.3) is 0 Å². The van der Waals surface area contributed by atoms with Crippen LogP contribution in [0, 0.1) is 0 Å². The fourth-order valence-corrected chi connectivity index (χ4v) is 3.42. The predicted octanol–water partition coefficient (Wildman–Crippen LogP) is 3.35. The van der Waals surface area contributed by atoms with Crippen molar-refractivity contribution in [3.63, 3.8) is 0 Å². The zero-order chi connectivity index (χ0) is 17.6. The van der Waals surface area contributed by atoms with Gasteiger partial charge in [-0.05, 0) is 44.4 Å². The molecule has 1 amide bonds.